The van der Waals surface area contributed by atoms with E-state index in [-0.39, 0.29) is 5.56 Å². The highest BCUT2D eigenvalue weighted by Crippen LogP contribution is 2.30. The summed E-state index contributed by atoms with van der Waals surface area (Å²) in [5.41, 5.74) is 4.97. The summed E-state index contributed by atoms with van der Waals surface area (Å²) >= 11 is 0. The number of benzene rings is 2. The van der Waals surface area contributed by atoms with Gasteiger partial charge in [-0.15, -0.1) is 5.10 Å². The average molecular weight is 459 g/mol. The summed E-state index contributed by atoms with van der Waals surface area (Å²) in [5, 5.41) is 14.4. The molecule has 0 aliphatic carbocycles. The fraction of sp³-hybridized carbons (Fsp3) is 0.346. The molecular formula is C26H30N6O2. The molecule has 8 heteroatoms. The summed E-state index contributed by atoms with van der Waals surface area (Å²) in [7, 11) is 0. The predicted molar refractivity (Wildman–Crippen MR) is 130 cm³/mol. The minimum absolute atomic E-state index is 0.0214. The number of nitrogens with one attached hydrogen (secondary N) is 1. The fourth-order valence-corrected chi connectivity index (χ4v) is 4.14. The van der Waals surface area contributed by atoms with E-state index in [9.17, 15) is 4.79 Å². The van der Waals surface area contributed by atoms with Crippen LogP contribution in [0.1, 0.15) is 65.5 Å². The second-order valence-corrected chi connectivity index (χ2v) is 8.58. The Morgan fingerprint density at radius 1 is 1.06 bits per heavy atom. The van der Waals surface area contributed by atoms with Gasteiger partial charge in [0.05, 0.1) is 6.54 Å². The lowest BCUT2D eigenvalue weighted by atomic mass is 9.97. The second-order valence-electron chi connectivity index (χ2n) is 8.58. The maximum absolute atomic E-state index is 12.7. The van der Waals surface area contributed by atoms with E-state index < -0.39 is 6.10 Å². The molecule has 4 aromatic rings. The number of hydrogen-bond acceptors (Lipinski definition) is 6. The van der Waals surface area contributed by atoms with E-state index in [4.69, 9.17) is 4.74 Å². The molecule has 4 rings (SSSR count). The van der Waals surface area contributed by atoms with Gasteiger partial charge < -0.3 is 4.74 Å². The molecule has 1 unspecified atom stereocenters. The first-order valence-electron chi connectivity index (χ1n) is 11.6. The first kappa shape index (κ1) is 23.4. The number of rotatable bonds is 9. The SMILES string of the molecule is CCCCc1nc(C)cc(=O)n1Cc1ccc(OC(c2nnn[nH]2)c2c(C)cccc2C)cc1. The average Bonchev–Trinajstić information content (AvgIpc) is 3.34. The van der Waals surface area contributed by atoms with Crippen LogP contribution in [0.2, 0.25) is 0 Å². The maximum atomic E-state index is 12.7. The Hall–Kier alpha value is -3.81. The Morgan fingerprint density at radius 3 is 2.44 bits per heavy atom. The van der Waals surface area contributed by atoms with Crippen LogP contribution in [-0.4, -0.2) is 30.2 Å². The molecule has 0 saturated heterocycles. The maximum Gasteiger partial charge on any atom is 0.254 e. The summed E-state index contributed by atoms with van der Waals surface area (Å²) in [6.45, 7) is 8.57. The van der Waals surface area contributed by atoms with Crippen LogP contribution in [-0.2, 0) is 13.0 Å². The number of nitrogens with zero attached hydrogens (tertiary/aromatic N) is 5. The zero-order chi connectivity index (χ0) is 24.1. The molecule has 1 N–H and O–H groups in total. The van der Waals surface area contributed by atoms with Gasteiger partial charge >= 0.3 is 0 Å². The largest absolute Gasteiger partial charge is 0.478 e. The molecular weight excluding hydrogens is 428 g/mol. The van der Waals surface area contributed by atoms with Crippen molar-refractivity contribution in [1.29, 1.82) is 0 Å². The lowest BCUT2D eigenvalue weighted by Crippen LogP contribution is -2.25. The van der Waals surface area contributed by atoms with Gasteiger partial charge in [-0.3, -0.25) is 9.36 Å². The summed E-state index contributed by atoms with van der Waals surface area (Å²) in [6, 6.07) is 15.5. The van der Waals surface area contributed by atoms with Gasteiger partial charge in [0.25, 0.3) is 5.56 Å². The van der Waals surface area contributed by atoms with Crippen molar-refractivity contribution < 1.29 is 4.74 Å². The molecule has 0 spiro atoms. The summed E-state index contributed by atoms with van der Waals surface area (Å²) in [5.74, 6) is 2.06. The topological polar surface area (TPSA) is 98.6 Å². The number of H-pyrrole nitrogens is 1. The van der Waals surface area contributed by atoms with Gasteiger partial charge in [-0.25, -0.2) is 10.1 Å². The highest BCUT2D eigenvalue weighted by Gasteiger charge is 2.23. The first-order chi connectivity index (χ1) is 16.5. The smallest absolute Gasteiger partial charge is 0.254 e. The molecule has 0 saturated carbocycles. The third-order valence-corrected chi connectivity index (χ3v) is 5.90. The van der Waals surface area contributed by atoms with Crippen LogP contribution in [0.25, 0.3) is 0 Å². The van der Waals surface area contributed by atoms with E-state index in [2.05, 4.69) is 58.5 Å². The highest BCUT2D eigenvalue weighted by molar-refractivity contribution is 5.39. The van der Waals surface area contributed by atoms with Crippen molar-refractivity contribution in [2.75, 3.05) is 0 Å². The number of ether oxygens (including phenoxy) is 1. The Labute approximate surface area is 199 Å². The lowest BCUT2D eigenvalue weighted by Gasteiger charge is -2.21. The van der Waals surface area contributed by atoms with E-state index in [1.807, 2.05) is 37.3 Å². The molecule has 2 aromatic carbocycles. The quantitative estimate of drug-likeness (QED) is 0.403. The third-order valence-electron chi connectivity index (χ3n) is 5.90. The second kappa shape index (κ2) is 10.4. The minimum atomic E-state index is -0.466. The van der Waals surface area contributed by atoms with E-state index in [1.54, 1.807) is 10.6 Å². The Kier molecular flexibility index (Phi) is 7.15. The molecule has 8 nitrogen and oxygen atoms in total. The fourth-order valence-electron chi connectivity index (χ4n) is 4.14. The van der Waals surface area contributed by atoms with E-state index >= 15 is 0 Å². The van der Waals surface area contributed by atoms with Crippen molar-refractivity contribution in [3.05, 3.63) is 98.5 Å². The number of aryl methyl sites for hydroxylation is 4. The normalized spacial score (nSPS) is 12.0. The zero-order valence-electron chi connectivity index (χ0n) is 20.1. The zero-order valence-corrected chi connectivity index (χ0v) is 20.1. The summed E-state index contributed by atoms with van der Waals surface area (Å²) in [6.07, 6.45) is 2.38. The van der Waals surface area contributed by atoms with Crippen LogP contribution in [0.5, 0.6) is 5.75 Å². The van der Waals surface area contributed by atoms with Crippen LogP contribution in [0.3, 0.4) is 0 Å². The Balaban J connectivity index is 1.59. The number of tetrazole rings is 1. The van der Waals surface area contributed by atoms with Crippen molar-refractivity contribution in [1.82, 2.24) is 30.2 Å². The number of aromatic nitrogens is 6. The van der Waals surface area contributed by atoms with Crippen LogP contribution in [0, 0.1) is 20.8 Å². The number of unbranched alkanes of at least 4 members (excludes halogenated alkanes) is 1. The van der Waals surface area contributed by atoms with Gasteiger partial charge in [-0.1, -0.05) is 43.7 Å². The molecule has 34 heavy (non-hydrogen) atoms. The molecule has 0 fully saturated rings. The molecule has 2 aromatic heterocycles. The van der Waals surface area contributed by atoms with Crippen LogP contribution in [0.4, 0.5) is 0 Å². The van der Waals surface area contributed by atoms with Crippen LogP contribution < -0.4 is 10.3 Å². The van der Waals surface area contributed by atoms with Gasteiger partial charge in [0.15, 0.2) is 11.9 Å². The molecule has 0 bridgehead atoms. The van der Waals surface area contributed by atoms with E-state index in [1.165, 1.54) is 0 Å². The molecule has 2 heterocycles. The van der Waals surface area contributed by atoms with Crippen LogP contribution >= 0.6 is 0 Å². The summed E-state index contributed by atoms with van der Waals surface area (Å²) < 4.78 is 8.14. The van der Waals surface area contributed by atoms with E-state index in [0.717, 1.165) is 53.0 Å². The van der Waals surface area contributed by atoms with Crippen LogP contribution in [0.15, 0.2) is 53.3 Å². The molecule has 0 radical (unpaired) electrons. The predicted octanol–water partition coefficient (Wildman–Crippen LogP) is 4.24. The van der Waals surface area contributed by atoms with Crippen molar-refractivity contribution in [3.63, 3.8) is 0 Å². The van der Waals surface area contributed by atoms with Crippen molar-refractivity contribution in [3.8, 4) is 5.75 Å². The van der Waals surface area contributed by atoms with Crippen molar-refractivity contribution in [2.24, 2.45) is 0 Å². The minimum Gasteiger partial charge on any atom is -0.478 e. The van der Waals surface area contributed by atoms with Gasteiger partial charge in [-0.2, -0.15) is 0 Å². The lowest BCUT2D eigenvalue weighted by molar-refractivity contribution is 0.235. The molecule has 0 aliphatic rings. The molecule has 0 aliphatic heterocycles. The van der Waals surface area contributed by atoms with Crippen molar-refractivity contribution >= 4 is 0 Å². The standard InChI is InChI=1S/C26H30N6O2/c1-5-6-10-22-27-19(4)15-23(33)32(22)16-20-11-13-21(14-12-20)34-25(26-28-30-31-29-26)24-17(2)8-7-9-18(24)3/h7-9,11-15,25H,5-6,10,16H2,1-4H3,(H,28,29,30,31). The Bertz CT molecular complexity index is 1280. The third kappa shape index (κ3) is 5.22. The molecule has 0 amide bonds. The van der Waals surface area contributed by atoms with Gasteiger partial charge in [0.1, 0.15) is 11.6 Å². The van der Waals surface area contributed by atoms with Gasteiger partial charge in [0.2, 0.25) is 0 Å². The number of hydrogen-bond donors (Lipinski definition) is 1. The van der Waals surface area contributed by atoms with E-state index in [0.29, 0.717) is 18.1 Å². The highest BCUT2D eigenvalue weighted by atomic mass is 16.5. The summed E-state index contributed by atoms with van der Waals surface area (Å²) in [4.78, 5) is 17.3. The Morgan fingerprint density at radius 2 is 1.79 bits per heavy atom. The molecule has 1 atom stereocenters. The van der Waals surface area contributed by atoms with Gasteiger partial charge in [0, 0.05) is 23.7 Å². The monoisotopic (exact) mass is 458 g/mol. The number of aromatic amines is 1. The van der Waals surface area contributed by atoms with Gasteiger partial charge in [-0.05, 0) is 66.4 Å². The molecule has 176 valence electrons. The first-order valence-corrected chi connectivity index (χ1v) is 11.6. The van der Waals surface area contributed by atoms with Crippen molar-refractivity contribution in [2.45, 2.75) is 59.6 Å².